The number of fused-ring (bicyclic) bond motifs is 2. The van der Waals surface area contributed by atoms with E-state index >= 15 is 0 Å². The number of hydrogen-bond donors (Lipinski definition) is 0. The third-order valence-electron chi connectivity index (χ3n) is 2.22. The summed E-state index contributed by atoms with van der Waals surface area (Å²) < 4.78 is 6.06. The standard InChI is InChI=1S/C8H6INO2/c9-6-2-4-1-5(3-10)7(6)12-8(4)11/h2,4-5,7H,1H2/t4-,5-,7+/m1/s1. The Morgan fingerprint density at radius 3 is 3.08 bits per heavy atom. The lowest BCUT2D eigenvalue weighted by atomic mass is 9.83. The van der Waals surface area contributed by atoms with Crippen LogP contribution in [-0.2, 0) is 9.53 Å². The summed E-state index contributed by atoms with van der Waals surface area (Å²) in [7, 11) is 0. The second-order valence-electron chi connectivity index (χ2n) is 2.99. The molecule has 2 heterocycles. The number of nitrogens with zero attached hydrogens (tertiary/aromatic N) is 1. The summed E-state index contributed by atoms with van der Waals surface area (Å²) in [5.74, 6) is -0.483. The number of esters is 1. The Bertz CT molecular complexity index is 305. The Balaban J connectivity index is 2.35. The van der Waals surface area contributed by atoms with Crippen LogP contribution in [0.5, 0.6) is 0 Å². The Hall–Kier alpha value is -0.570. The van der Waals surface area contributed by atoms with E-state index in [1.165, 1.54) is 0 Å². The molecule has 3 nitrogen and oxygen atoms in total. The van der Waals surface area contributed by atoms with E-state index in [2.05, 4.69) is 28.7 Å². The van der Waals surface area contributed by atoms with Crippen LogP contribution in [0.1, 0.15) is 6.42 Å². The second kappa shape index (κ2) is 2.73. The van der Waals surface area contributed by atoms with Gasteiger partial charge in [-0.3, -0.25) is 4.79 Å². The van der Waals surface area contributed by atoms with Crippen molar-refractivity contribution in [1.29, 1.82) is 5.26 Å². The lowest BCUT2D eigenvalue weighted by molar-refractivity contribution is -0.159. The lowest BCUT2D eigenvalue weighted by Gasteiger charge is -2.35. The molecule has 1 aliphatic carbocycles. The molecule has 0 amide bonds. The SMILES string of the molecule is N#C[C@H]1C[C@@H]2C=C(I)[C@H]1OC2=O. The molecule has 4 heteroatoms. The van der Waals surface area contributed by atoms with Crippen molar-refractivity contribution in [1.82, 2.24) is 0 Å². The average Bonchev–Trinajstić information content (AvgIpc) is 2.06. The van der Waals surface area contributed by atoms with Crippen LogP contribution >= 0.6 is 22.6 Å². The van der Waals surface area contributed by atoms with Gasteiger partial charge in [0, 0.05) is 3.58 Å². The summed E-state index contributed by atoms with van der Waals surface area (Å²) in [4.78, 5) is 11.1. The van der Waals surface area contributed by atoms with Crippen molar-refractivity contribution in [2.24, 2.45) is 11.8 Å². The van der Waals surface area contributed by atoms with Crippen LogP contribution in [0.15, 0.2) is 9.66 Å². The van der Waals surface area contributed by atoms with Crippen LogP contribution in [-0.4, -0.2) is 12.1 Å². The highest BCUT2D eigenvalue weighted by Crippen LogP contribution is 2.39. The fourth-order valence-corrected chi connectivity index (χ4v) is 2.58. The summed E-state index contributed by atoms with van der Waals surface area (Å²) in [6, 6.07) is 2.16. The van der Waals surface area contributed by atoms with E-state index in [0.717, 1.165) is 3.58 Å². The molecule has 12 heavy (non-hydrogen) atoms. The Morgan fingerprint density at radius 1 is 1.75 bits per heavy atom. The largest absolute Gasteiger partial charge is 0.455 e. The summed E-state index contributed by atoms with van der Waals surface area (Å²) in [6.07, 6.45) is 2.25. The van der Waals surface area contributed by atoms with Crippen molar-refractivity contribution in [2.75, 3.05) is 0 Å². The van der Waals surface area contributed by atoms with Crippen LogP contribution in [0.25, 0.3) is 0 Å². The molecule has 0 aromatic carbocycles. The number of carbonyl (C=O) groups is 1. The molecule has 2 bridgehead atoms. The van der Waals surface area contributed by atoms with Crippen LogP contribution in [0, 0.1) is 23.2 Å². The fraction of sp³-hybridized carbons (Fsp3) is 0.500. The number of hydrogen-bond acceptors (Lipinski definition) is 3. The molecule has 0 aromatic rings. The number of halogens is 1. The Labute approximate surface area is 83.5 Å². The predicted octanol–water partition coefficient (Wildman–Crippen LogP) is 1.39. The zero-order valence-corrected chi connectivity index (χ0v) is 8.32. The number of ether oxygens (including phenoxy) is 1. The van der Waals surface area contributed by atoms with Gasteiger partial charge in [0.25, 0.3) is 0 Å². The maximum absolute atomic E-state index is 11.1. The number of rotatable bonds is 0. The van der Waals surface area contributed by atoms with E-state index in [1.54, 1.807) is 0 Å². The van der Waals surface area contributed by atoms with Gasteiger partial charge in [-0.15, -0.1) is 0 Å². The minimum atomic E-state index is -0.284. The third-order valence-corrected chi connectivity index (χ3v) is 3.19. The topological polar surface area (TPSA) is 50.1 Å². The summed E-state index contributed by atoms with van der Waals surface area (Å²) in [5.41, 5.74) is 0. The van der Waals surface area contributed by atoms with Gasteiger partial charge in [-0.05, 0) is 29.0 Å². The van der Waals surface area contributed by atoms with Crippen molar-refractivity contribution in [3.05, 3.63) is 9.66 Å². The van der Waals surface area contributed by atoms with Gasteiger partial charge in [-0.1, -0.05) is 6.08 Å². The van der Waals surface area contributed by atoms with E-state index < -0.39 is 0 Å². The first-order valence-electron chi connectivity index (χ1n) is 3.69. The van der Waals surface area contributed by atoms with E-state index in [9.17, 15) is 4.79 Å². The molecule has 0 saturated carbocycles. The van der Waals surface area contributed by atoms with Crippen molar-refractivity contribution in [3.63, 3.8) is 0 Å². The van der Waals surface area contributed by atoms with E-state index in [0.29, 0.717) is 6.42 Å². The van der Waals surface area contributed by atoms with E-state index in [4.69, 9.17) is 10.00 Å². The number of carbonyl (C=O) groups excluding carboxylic acids is 1. The minimum absolute atomic E-state index is 0.135. The molecule has 0 N–H and O–H groups in total. The van der Waals surface area contributed by atoms with Crippen LogP contribution in [0.2, 0.25) is 0 Å². The van der Waals surface area contributed by atoms with Crippen molar-refractivity contribution in [2.45, 2.75) is 12.5 Å². The van der Waals surface area contributed by atoms with E-state index in [1.807, 2.05) is 6.08 Å². The van der Waals surface area contributed by atoms with Crippen molar-refractivity contribution < 1.29 is 9.53 Å². The van der Waals surface area contributed by atoms with Gasteiger partial charge < -0.3 is 4.74 Å². The first kappa shape index (κ1) is 8.05. The van der Waals surface area contributed by atoms with Gasteiger partial charge >= 0.3 is 5.97 Å². The highest BCUT2D eigenvalue weighted by molar-refractivity contribution is 14.1. The molecule has 1 fully saturated rings. The zero-order valence-electron chi connectivity index (χ0n) is 6.16. The molecule has 0 radical (unpaired) electrons. The Morgan fingerprint density at radius 2 is 2.50 bits per heavy atom. The average molecular weight is 275 g/mol. The van der Waals surface area contributed by atoms with Gasteiger partial charge in [-0.2, -0.15) is 5.26 Å². The van der Waals surface area contributed by atoms with Crippen LogP contribution < -0.4 is 0 Å². The quantitative estimate of drug-likeness (QED) is 0.496. The normalized spacial score (nSPS) is 38.5. The first-order valence-corrected chi connectivity index (χ1v) is 4.77. The molecule has 1 saturated heterocycles. The Kier molecular flexibility index (Phi) is 1.83. The maximum atomic E-state index is 11.1. The van der Waals surface area contributed by atoms with Crippen LogP contribution in [0.3, 0.4) is 0 Å². The molecule has 0 aromatic heterocycles. The second-order valence-corrected chi connectivity index (χ2v) is 4.23. The number of nitriles is 1. The van der Waals surface area contributed by atoms with Crippen molar-refractivity contribution in [3.8, 4) is 6.07 Å². The fourth-order valence-electron chi connectivity index (χ4n) is 1.58. The van der Waals surface area contributed by atoms with Gasteiger partial charge in [0.15, 0.2) is 0 Å². The molecule has 2 aliphatic heterocycles. The molecule has 3 aliphatic rings. The smallest absolute Gasteiger partial charge is 0.313 e. The van der Waals surface area contributed by atoms with Crippen molar-refractivity contribution >= 4 is 28.6 Å². The highest BCUT2D eigenvalue weighted by atomic mass is 127. The first-order chi connectivity index (χ1) is 5.72. The van der Waals surface area contributed by atoms with Gasteiger partial charge in [0.1, 0.15) is 6.10 Å². The maximum Gasteiger partial charge on any atom is 0.313 e. The van der Waals surface area contributed by atoms with E-state index in [-0.39, 0.29) is 23.9 Å². The molecule has 0 unspecified atom stereocenters. The predicted molar refractivity (Wildman–Crippen MR) is 49.2 cm³/mol. The summed E-state index contributed by atoms with van der Waals surface area (Å²) in [6.45, 7) is 0. The van der Waals surface area contributed by atoms with Crippen LogP contribution in [0.4, 0.5) is 0 Å². The van der Waals surface area contributed by atoms with Gasteiger partial charge in [0.2, 0.25) is 0 Å². The molecule has 62 valence electrons. The lowest BCUT2D eigenvalue weighted by Crippen LogP contribution is -2.41. The molecular formula is C8H6INO2. The minimum Gasteiger partial charge on any atom is -0.455 e. The summed E-state index contributed by atoms with van der Waals surface area (Å²) in [5, 5.41) is 8.75. The molecule has 3 atom stereocenters. The third kappa shape index (κ3) is 1.04. The van der Waals surface area contributed by atoms with Gasteiger partial charge in [-0.25, -0.2) is 0 Å². The molecule has 3 rings (SSSR count). The highest BCUT2D eigenvalue weighted by Gasteiger charge is 2.42. The zero-order chi connectivity index (χ0) is 8.72. The van der Waals surface area contributed by atoms with Gasteiger partial charge in [0.05, 0.1) is 17.9 Å². The summed E-state index contributed by atoms with van der Waals surface area (Å²) >= 11 is 2.13. The monoisotopic (exact) mass is 275 g/mol. The molecular weight excluding hydrogens is 269 g/mol. The molecule has 0 spiro atoms.